The van der Waals surface area contributed by atoms with E-state index in [1.807, 2.05) is 25.7 Å². The molecule has 1 aromatic carbocycles. The molecule has 2 aliphatic rings. The molecule has 1 atom stereocenters. The van der Waals surface area contributed by atoms with Crippen LogP contribution in [0.3, 0.4) is 0 Å². The minimum atomic E-state index is -1.10. The minimum absolute atomic E-state index is 0.0335. The van der Waals surface area contributed by atoms with Crippen molar-refractivity contribution in [2.24, 2.45) is 5.92 Å². The summed E-state index contributed by atoms with van der Waals surface area (Å²) in [6, 6.07) is 8.73. The predicted octanol–water partition coefficient (Wildman–Crippen LogP) is 3.05. The van der Waals surface area contributed by atoms with Gasteiger partial charge in [-0.05, 0) is 61.9 Å². The van der Waals surface area contributed by atoms with Gasteiger partial charge in [-0.25, -0.2) is 9.78 Å². The van der Waals surface area contributed by atoms with Gasteiger partial charge in [0.1, 0.15) is 11.4 Å². The summed E-state index contributed by atoms with van der Waals surface area (Å²) in [6.45, 7) is 12.9. The van der Waals surface area contributed by atoms with Crippen LogP contribution in [0.5, 0.6) is 0 Å². The molecule has 0 bridgehead atoms. The summed E-state index contributed by atoms with van der Waals surface area (Å²) in [5, 5.41) is 5.16. The molecule has 8 nitrogen and oxygen atoms in total. The van der Waals surface area contributed by atoms with Crippen molar-refractivity contribution in [2.75, 3.05) is 31.1 Å². The number of imide groups is 1. The first-order valence-electron chi connectivity index (χ1n) is 11.8. The van der Waals surface area contributed by atoms with Gasteiger partial charge in [0.25, 0.3) is 11.8 Å². The van der Waals surface area contributed by atoms with E-state index in [4.69, 9.17) is 4.98 Å². The Morgan fingerprint density at radius 3 is 2.24 bits per heavy atom. The summed E-state index contributed by atoms with van der Waals surface area (Å²) >= 11 is 0. The van der Waals surface area contributed by atoms with Crippen molar-refractivity contribution >= 4 is 23.7 Å². The quantitative estimate of drug-likeness (QED) is 0.665. The first-order valence-corrected chi connectivity index (χ1v) is 11.8. The van der Waals surface area contributed by atoms with Gasteiger partial charge in [0.05, 0.1) is 0 Å². The van der Waals surface area contributed by atoms with Crippen molar-refractivity contribution in [1.29, 1.82) is 0 Å². The number of pyridine rings is 1. The molecule has 0 aliphatic carbocycles. The van der Waals surface area contributed by atoms with Crippen LogP contribution in [0.15, 0.2) is 30.3 Å². The monoisotopic (exact) mass is 463 g/mol. The van der Waals surface area contributed by atoms with Crippen molar-refractivity contribution in [1.82, 2.24) is 20.5 Å². The molecule has 2 fully saturated rings. The number of aryl methyl sites for hydroxylation is 3. The van der Waals surface area contributed by atoms with Crippen LogP contribution in [0.1, 0.15) is 53.0 Å². The fourth-order valence-corrected chi connectivity index (χ4v) is 4.92. The maximum absolute atomic E-state index is 13.2. The van der Waals surface area contributed by atoms with Crippen LogP contribution in [0, 0.1) is 26.7 Å². The summed E-state index contributed by atoms with van der Waals surface area (Å²) in [6.07, 6.45) is 0.478. The van der Waals surface area contributed by atoms with Crippen molar-refractivity contribution in [2.45, 2.75) is 46.6 Å². The predicted molar refractivity (Wildman–Crippen MR) is 131 cm³/mol. The molecule has 1 unspecified atom stereocenters. The molecule has 4 amide bonds. The minimum Gasteiger partial charge on any atom is -0.353 e. The molecule has 34 heavy (non-hydrogen) atoms. The molecule has 3 heterocycles. The van der Waals surface area contributed by atoms with Crippen LogP contribution in [0.4, 0.5) is 10.6 Å². The SMILES string of the molecule is Cc1cc(C)c(N2CCN(C(=O)c3ccc(C4(CC(C)C)NC(=O)NC4=O)cc3)CC2)nc1C. The Kier molecular flexibility index (Phi) is 6.34. The largest absolute Gasteiger partial charge is 0.353 e. The van der Waals surface area contributed by atoms with Gasteiger partial charge in [-0.15, -0.1) is 0 Å². The molecular formula is C26H33N5O3. The first-order chi connectivity index (χ1) is 16.1. The summed E-state index contributed by atoms with van der Waals surface area (Å²) in [4.78, 5) is 46.5. The topological polar surface area (TPSA) is 94.6 Å². The van der Waals surface area contributed by atoms with Crippen LogP contribution in [-0.4, -0.2) is 53.9 Å². The number of nitrogens with one attached hydrogen (secondary N) is 2. The molecule has 2 saturated heterocycles. The second kappa shape index (κ2) is 9.08. The Bertz CT molecular complexity index is 1120. The van der Waals surface area contributed by atoms with Crippen molar-refractivity contribution < 1.29 is 14.4 Å². The van der Waals surface area contributed by atoms with E-state index in [0.717, 1.165) is 30.2 Å². The normalized spacial score (nSPS) is 20.5. The molecule has 0 radical (unpaired) electrons. The number of benzene rings is 1. The molecular weight excluding hydrogens is 430 g/mol. The molecule has 4 rings (SSSR count). The average Bonchev–Trinajstić information content (AvgIpc) is 3.09. The molecule has 1 aromatic heterocycles. The Morgan fingerprint density at radius 2 is 1.68 bits per heavy atom. The van der Waals surface area contributed by atoms with Crippen molar-refractivity contribution in [3.05, 3.63) is 58.3 Å². The third-order valence-corrected chi connectivity index (χ3v) is 6.78. The second-order valence-electron chi connectivity index (χ2n) is 9.80. The smallest absolute Gasteiger partial charge is 0.322 e. The fourth-order valence-electron chi connectivity index (χ4n) is 4.92. The van der Waals surface area contributed by atoms with E-state index in [9.17, 15) is 14.4 Å². The lowest BCUT2D eigenvalue weighted by Crippen LogP contribution is -2.49. The highest BCUT2D eigenvalue weighted by molar-refractivity contribution is 6.07. The van der Waals surface area contributed by atoms with Crippen LogP contribution in [-0.2, 0) is 10.3 Å². The molecule has 0 saturated carbocycles. The maximum atomic E-state index is 13.2. The second-order valence-corrected chi connectivity index (χ2v) is 9.80. The van der Waals surface area contributed by atoms with Gasteiger partial charge >= 0.3 is 6.03 Å². The molecule has 0 spiro atoms. The number of aromatic nitrogens is 1. The number of anilines is 1. The van der Waals surface area contributed by atoms with E-state index in [1.165, 1.54) is 5.56 Å². The van der Waals surface area contributed by atoms with E-state index < -0.39 is 11.6 Å². The number of hydrogen-bond acceptors (Lipinski definition) is 5. The number of piperazine rings is 1. The number of nitrogens with zero attached hydrogens (tertiary/aromatic N) is 3. The molecule has 2 aromatic rings. The number of urea groups is 1. The molecule has 8 heteroatoms. The van der Waals surface area contributed by atoms with Crippen molar-refractivity contribution in [3.63, 3.8) is 0 Å². The van der Waals surface area contributed by atoms with Crippen LogP contribution < -0.4 is 15.5 Å². The van der Waals surface area contributed by atoms with E-state index in [1.54, 1.807) is 24.3 Å². The van der Waals surface area contributed by atoms with E-state index in [0.29, 0.717) is 30.6 Å². The molecule has 180 valence electrons. The molecule has 2 N–H and O–H groups in total. The fraction of sp³-hybridized carbons (Fsp3) is 0.462. The van der Waals surface area contributed by atoms with Crippen molar-refractivity contribution in [3.8, 4) is 0 Å². The summed E-state index contributed by atoms with van der Waals surface area (Å²) < 4.78 is 0. The zero-order valence-corrected chi connectivity index (χ0v) is 20.6. The lowest BCUT2D eigenvalue weighted by Gasteiger charge is -2.36. The van der Waals surface area contributed by atoms with Gasteiger partial charge in [-0.3, -0.25) is 14.9 Å². The highest BCUT2D eigenvalue weighted by Crippen LogP contribution is 2.32. The van der Waals surface area contributed by atoms with Gasteiger partial charge in [-0.1, -0.05) is 32.0 Å². The van der Waals surface area contributed by atoms with Crippen LogP contribution >= 0.6 is 0 Å². The third-order valence-electron chi connectivity index (χ3n) is 6.78. The van der Waals surface area contributed by atoms with Gasteiger partial charge in [0.2, 0.25) is 0 Å². The highest BCUT2D eigenvalue weighted by atomic mass is 16.2. The van der Waals surface area contributed by atoms with Gasteiger partial charge in [0.15, 0.2) is 0 Å². The van der Waals surface area contributed by atoms with E-state index in [-0.39, 0.29) is 17.7 Å². The lowest BCUT2D eigenvalue weighted by molar-refractivity contribution is -0.124. The van der Waals surface area contributed by atoms with Crippen LogP contribution in [0.25, 0.3) is 0 Å². The van der Waals surface area contributed by atoms with E-state index >= 15 is 0 Å². The van der Waals surface area contributed by atoms with Gasteiger partial charge < -0.3 is 15.1 Å². The van der Waals surface area contributed by atoms with Gasteiger partial charge in [-0.2, -0.15) is 0 Å². The zero-order valence-electron chi connectivity index (χ0n) is 20.6. The van der Waals surface area contributed by atoms with E-state index in [2.05, 4.69) is 35.4 Å². The summed E-state index contributed by atoms with van der Waals surface area (Å²) in [5.41, 5.74) is 3.52. The number of carbonyl (C=O) groups is 3. The third kappa shape index (κ3) is 4.36. The summed E-state index contributed by atoms with van der Waals surface area (Å²) in [7, 11) is 0. The highest BCUT2D eigenvalue weighted by Gasteiger charge is 2.47. The number of hydrogen-bond donors (Lipinski definition) is 2. The average molecular weight is 464 g/mol. The Morgan fingerprint density at radius 1 is 1.03 bits per heavy atom. The zero-order chi connectivity index (χ0) is 24.6. The maximum Gasteiger partial charge on any atom is 0.322 e. The Labute approximate surface area is 200 Å². The lowest BCUT2D eigenvalue weighted by atomic mass is 9.82. The van der Waals surface area contributed by atoms with Crippen LogP contribution in [0.2, 0.25) is 0 Å². The van der Waals surface area contributed by atoms with Gasteiger partial charge in [0, 0.05) is 37.4 Å². The number of amides is 4. The Hall–Kier alpha value is -3.42. The summed E-state index contributed by atoms with van der Waals surface area (Å²) in [5.74, 6) is 0.800. The first kappa shape index (κ1) is 23.7. The Balaban J connectivity index is 1.46. The molecule has 2 aliphatic heterocycles. The number of rotatable bonds is 5. The number of carbonyl (C=O) groups excluding carboxylic acids is 3. The standard InChI is InChI=1S/C26H33N5O3/c1-16(2)15-26(24(33)28-25(34)29-26)21-8-6-20(7-9-21)23(32)31-12-10-30(11-13-31)22-18(4)14-17(3)19(5)27-22/h6-9,14,16H,10-13,15H2,1-5H3,(H2,28,29,33,34).